The van der Waals surface area contributed by atoms with E-state index in [4.69, 9.17) is 4.99 Å². The third-order valence-corrected chi connectivity index (χ3v) is 3.20. The van der Waals surface area contributed by atoms with Crippen LogP contribution in [0.2, 0.25) is 0 Å². The number of halogens is 2. The van der Waals surface area contributed by atoms with Crippen LogP contribution in [0.3, 0.4) is 0 Å². The molecule has 1 fully saturated rings. The Morgan fingerprint density at radius 1 is 1.32 bits per heavy atom. The first-order valence-electron chi connectivity index (χ1n) is 6.20. The summed E-state index contributed by atoms with van der Waals surface area (Å²) in [6.07, 6.45) is 2.38. The van der Waals surface area contributed by atoms with E-state index in [1.165, 1.54) is 34.9 Å². The van der Waals surface area contributed by atoms with Crippen LogP contribution in [0.5, 0.6) is 0 Å². The summed E-state index contributed by atoms with van der Waals surface area (Å²) in [4.78, 5) is 4.76. The van der Waals surface area contributed by atoms with Gasteiger partial charge in [0.05, 0.1) is 5.69 Å². The molecular weight excluding hydrogens is 415 g/mol. The van der Waals surface area contributed by atoms with Crippen LogP contribution in [0.25, 0.3) is 5.32 Å². The Labute approximate surface area is 136 Å². The van der Waals surface area contributed by atoms with Gasteiger partial charge in [0.25, 0.3) is 0 Å². The number of benzene rings is 1. The summed E-state index contributed by atoms with van der Waals surface area (Å²) in [5.74, 6) is 0. The average molecular weight is 434 g/mol. The second-order valence-corrected chi connectivity index (χ2v) is 9.59. The summed E-state index contributed by atoms with van der Waals surface area (Å²) in [5.41, 5.74) is 4.78. The molecule has 2 rings (SSSR count). The van der Waals surface area contributed by atoms with Gasteiger partial charge in [-0.15, -0.1) is 6.54 Å². The van der Waals surface area contributed by atoms with Gasteiger partial charge in [-0.3, -0.25) is 4.99 Å². The third-order valence-electron chi connectivity index (χ3n) is 3.20. The Morgan fingerprint density at radius 2 is 1.89 bits per heavy atom. The Hall–Kier alpha value is 0.304. The van der Waals surface area contributed by atoms with Gasteiger partial charge in [0.1, 0.15) is 0 Å². The van der Waals surface area contributed by atoms with E-state index in [2.05, 4.69) is 72.7 Å². The normalized spacial score (nSPS) is 19.2. The number of nitrogens with zero attached hydrogens (tertiary/aromatic N) is 2. The molecule has 0 bridgehead atoms. The van der Waals surface area contributed by atoms with Crippen LogP contribution in [0.1, 0.15) is 30.9 Å². The van der Waals surface area contributed by atoms with Crippen LogP contribution in [0, 0.1) is 13.8 Å². The first kappa shape index (κ1) is 17.4. The van der Waals surface area contributed by atoms with Crippen LogP contribution < -0.4 is 0 Å². The van der Waals surface area contributed by atoms with Gasteiger partial charge in [-0.1, -0.05) is 37.1 Å². The average Bonchev–Trinajstić information content (AvgIpc) is 2.88. The van der Waals surface area contributed by atoms with Crippen molar-refractivity contribution in [3.63, 3.8) is 0 Å². The molecule has 0 amide bonds. The molecule has 19 heavy (non-hydrogen) atoms. The maximum absolute atomic E-state index is 4.76. The van der Waals surface area contributed by atoms with Crippen molar-refractivity contribution in [2.75, 3.05) is 6.54 Å². The second-order valence-electron chi connectivity index (χ2n) is 4.60. The van der Waals surface area contributed by atoms with E-state index in [0.29, 0.717) is 6.04 Å². The fourth-order valence-electron chi connectivity index (χ4n) is 2.20. The van der Waals surface area contributed by atoms with Crippen molar-refractivity contribution >= 4 is 39.9 Å². The summed E-state index contributed by atoms with van der Waals surface area (Å²) in [5, 5.41) is 4.56. The van der Waals surface area contributed by atoms with Crippen molar-refractivity contribution in [3.8, 4) is 0 Å². The maximum atomic E-state index is 4.76. The zero-order chi connectivity index (χ0) is 14.3. The molecule has 0 N–H and O–H groups in total. The van der Waals surface area contributed by atoms with Gasteiger partial charge in [-0.2, -0.15) is 0 Å². The molecule has 1 aliphatic heterocycles. The third kappa shape index (κ3) is 5.67. The molecule has 0 radical (unpaired) electrons. The predicted octanol–water partition coefficient (Wildman–Crippen LogP) is 5.62. The molecule has 0 aliphatic carbocycles. The molecule has 1 aliphatic rings. The zero-order valence-electron chi connectivity index (χ0n) is 11.4. The molecule has 1 aromatic carbocycles. The van der Waals surface area contributed by atoms with Gasteiger partial charge < -0.3 is 5.32 Å². The van der Waals surface area contributed by atoms with E-state index < -0.39 is 0 Å². The monoisotopic (exact) mass is 431 g/mol. The van der Waals surface area contributed by atoms with E-state index in [-0.39, 0.29) is 0 Å². The molecule has 1 atom stereocenters. The van der Waals surface area contributed by atoms with Gasteiger partial charge >= 0.3 is 39.3 Å². The van der Waals surface area contributed by atoms with Crippen molar-refractivity contribution in [1.29, 1.82) is 0 Å². The van der Waals surface area contributed by atoms with Crippen LogP contribution in [-0.2, 0) is 10.9 Å². The Bertz CT molecular complexity index is 409. The topological polar surface area (TPSA) is 26.5 Å². The molecule has 109 valence electrons. The van der Waals surface area contributed by atoms with E-state index >= 15 is 0 Å². The summed E-state index contributed by atoms with van der Waals surface area (Å²) < 4.78 is 0. The van der Waals surface area contributed by atoms with Crippen molar-refractivity contribution < 1.29 is 10.9 Å². The van der Waals surface area contributed by atoms with Crippen molar-refractivity contribution in [2.24, 2.45) is 4.99 Å². The molecule has 1 saturated heterocycles. The van der Waals surface area contributed by atoms with Crippen LogP contribution >= 0.6 is 28.5 Å². The Kier molecular flexibility index (Phi) is 8.48. The summed E-state index contributed by atoms with van der Waals surface area (Å²) >= 11 is 6.00. The van der Waals surface area contributed by atoms with E-state index in [1.807, 2.05) is 0 Å². The molecular formula is C14H19Br2N2Ni. The van der Waals surface area contributed by atoms with Crippen LogP contribution in [0.15, 0.2) is 23.2 Å². The zero-order valence-corrected chi connectivity index (χ0v) is 15.6. The molecule has 1 heterocycles. The standard InChI is InChI=1S/C14H19N2.2BrH.Ni/c1-10-6-4-7-11(2)14(10)16-12(3)13-8-5-9-15-13;;;/h4,6-7,13H,5,8-9H2,1-3H3;2*1H;/q-1;;;+3/p-2. The summed E-state index contributed by atoms with van der Waals surface area (Å²) in [7, 11) is 1.25. The van der Waals surface area contributed by atoms with Gasteiger partial charge in [0.15, 0.2) is 0 Å². The molecule has 0 aromatic heterocycles. The number of hydrogen-bond donors (Lipinski definition) is 0. The molecule has 1 aromatic rings. The minimum absolute atomic E-state index is 0.360. The van der Waals surface area contributed by atoms with Gasteiger partial charge in [0, 0.05) is 0 Å². The van der Waals surface area contributed by atoms with Crippen molar-refractivity contribution in [3.05, 3.63) is 34.6 Å². The molecule has 1 unspecified atom stereocenters. The van der Waals surface area contributed by atoms with Crippen molar-refractivity contribution in [1.82, 2.24) is 0 Å². The number of aliphatic imine (C=N–C) groups is 1. The number of hydrogen-bond acceptors (Lipinski definition) is 1. The van der Waals surface area contributed by atoms with Crippen LogP contribution in [0.4, 0.5) is 5.69 Å². The first-order chi connectivity index (χ1) is 9.10. The SMILES string of the molecule is CC(=Nc1c(C)cccc1C)C1CCC[N-]1.[Br][Ni+][Br]. The first-order valence-corrected chi connectivity index (χ1v) is 11.1. The number of aryl methyl sites for hydroxylation is 2. The minimum atomic E-state index is 0.360. The quantitative estimate of drug-likeness (QED) is 0.427. The van der Waals surface area contributed by atoms with Gasteiger partial charge in [0.2, 0.25) is 0 Å². The van der Waals surface area contributed by atoms with Crippen molar-refractivity contribution in [2.45, 2.75) is 39.7 Å². The van der Waals surface area contributed by atoms with E-state index in [9.17, 15) is 0 Å². The van der Waals surface area contributed by atoms with E-state index in [1.54, 1.807) is 0 Å². The van der Waals surface area contributed by atoms with Gasteiger partial charge in [-0.25, -0.2) is 0 Å². The fraction of sp³-hybridized carbons (Fsp3) is 0.500. The molecule has 5 heteroatoms. The molecule has 0 saturated carbocycles. The molecule has 2 nitrogen and oxygen atoms in total. The number of para-hydroxylation sites is 1. The van der Waals surface area contributed by atoms with Crippen LogP contribution in [-0.4, -0.2) is 18.3 Å². The summed E-state index contributed by atoms with van der Waals surface area (Å²) in [6, 6.07) is 6.67. The fourth-order valence-corrected chi connectivity index (χ4v) is 2.20. The molecule has 0 spiro atoms. The Balaban J connectivity index is 0.000000550. The second kappa shape index (κ2) is 9.28. The summed E-state index contributed by atoms with van der Waals surface area (Å²) in [6.45, 7) is 7.34. The number of rotatable bonds is 2. The van der Waals surface area contributed by atoms with Gasteiger partial charge in [-0.05, 0) is 37.6 Å². The van der Waals surface area contributed by atoms with E-state index in [0.717, 1.165) is 17.9 Å². The Morgan fingerprint density at radius 3 is 2.37 bits per heavy atom. The predicted molar refractivity (Wildman–Crippen MR) is 87.8 cm³/mol.